The van der Waals surface area contributed by atoms with E-state index in [1.165, 1.54) is 7.11 Å². The summed E-state index contributed by atoms with van der Waals surface area (Å²) >= 11 is 0. The molecule has 1 amide bonds. The number of rotatable bonds is 8. The lowest BCUT2D eigenvalue weighted by atomic mass is 10.0. The van der Waals surface area contributed by atoms with Crippen molar-refractivity contribution in [2.45, 2.75) is 19.4 Å². The zero-order chi connectivity index (χ0) is 19.1. The van der Waals surface area contributed by atoms with E-state index in [1.54, 1.807) is 39.5 Å². The van der Waals surface area contributed by atoms with Crippen molar-refractivity contribution >= 4 is 5.91 Å². The van der Waals surface area contributed by atoms with Crippen molar-refractivity contribution in [3.8, 4) is 23.0 Å². The molecule has 0 aliphatic heterocycles. The van der Waals surface area contributed by atoms with Gasteiger partial charge in [-0.05, 0) is 42.3 Å². The first-order valence-electron chi connectivity index (χ1n) is 8.32. The molecule has 0 aliphatic carbocycles. The van der Waals surface area contributed by atoms with Crippen LogP contribution in [0.5, 0.6) is 23.0 Å². The number of hydrogen-bond donors (Lipinski definition) is 1. The number of methoxy groups -OCH3 is 4. The Bertz CT molecular complexity index is 760. The second-order valence-electron chi connectivity index (χ2n) is 5.62. The Hall–Kier alpha value is -2.89. The number of carbonyl (C=O) groups is 1. The van der Waals surface area contributed by atoms with Gasteiger partial charge in [-0.15, -0.1) is 0 Å². The van der Waals surface area contributed by atoms with Crippen molar-refractivity contribution in [3.63, 3.8) is 0 Å². The van der Waals surface area contributed by atoms with Crippen molar-refractivity contribution in [1.82, 2.24) is 5.32 Å². The van der Waals surface area contributed by atoms with Gasteiger partial charge in [0.1, 0.15) is 0 Å². The maximum Gasteiger partial charge on any atom is 0.251 e. The minimum atomic E-state index is -0.187. The Balaban J connectivity index is 2.23. The summed E-state index contributed by atoms with van der Waals surface area (Å²) in [5, 5.41) is 3.05. The average molecular weight is 359 g/mol. The Morgan fingerprint density at radius 2 is 1.38 bits per heavy atom. The highest BCUT2D eigenvalue weighted by atomic mass is 16.5. The molecule has 140 valence electrons. The zero-order valence-corrected chi connectivity index (χ0v) is 15.8. The Labute approximate surface area is 154 Å². The minimum absolute atomic E-state index is 0.157. The van der Waals surface area contributed by atoms with Crippen molar-refractivity contribution in [2.24, 2.45) is 0 Å². The highest BCUT2D eigenvalue weighted by Crippen LogP contribution is 2.31. The Kier molecular flexibility index (Phi) is 6.72. The van der Waals surface area contributed by atoms with Gasteiger partial charge >= 0.3 is 0 Å². The summed E-state index contributed by atoms with van der Waals surface area (Å²) in [4.78, 5) is 12.7. The summed E-state index contributed by atoms with van der Waals surface area (Å²) in [6, 6.07) is 10.6. The Morgan fingerprint density at radius 1 is 0.846 bits per heavy atom. The number of carbonyl (C=O) groups excluding carboxylic acids is 1. The lowest BCUT2D eigenvalue weighted by Gasteiger charge is -2.19. The predicted octanol–water partition coefficient (Wildman–Crippen LogP) is 3.60. The molecule has 0 aliphatic rings. The van der Waals surface area contributed by atoms with Crippen LogP contribution in [0.1, 0.15) is 35.3 Å². The first-order chi connectivity index (χ1) is 12.6. The maximum atomic E-state index is 12.7. The number of nitrogens with one attached hydrogen (secondary N) is 1. The van der Waals surface area contributed by atoms with Crippen molar-refractivity contribution in [3.05, 3.63) is 47.5 Å². The van der Waals surface area contributed by atoms with Gasteiger partial charge < -0.3 is 24.3 Å². The monoisotopic (exact) mass is 359 g/mol. The summed E-state index contributed by atoms with van der Waals surface area (Å²) in [5.74, 6) is 2.18. The second kappa shape index (κ2) is 8.99. The van der Waals surface area contributed by atoms with E-state index in [2.05, 4.69) is 5.32 Å². The molecule has 0 radical (unpaired) electrons. The molecule has 0 saturated carbocycles. The lowest BCUT2D eigenvalue weighted by Crippen LogP contribution is -2.28. The first kappa shape index (κ1) is 19.4. The molecule has 0 fully saturated rings. The summed E-state index contributed by atoms with van der Waals surface area (Å²) in [7, 11) is 6.28. The van der Waals surface area contributed by atoms with Crippen LogP contribution in [0.2, 0.25) is 0 Å². The van der Waals surface area contributed by atoms with Crippen molar-refractivity contribution in [1.29, 1.82) is 0 Å². The van der Waals surface area contributed by atoms with Gasteiger partial charge in [-0.25, -0.2) is 0 Å². The molecule has 2 aromatic carbocycles. The van der Waals surface area contributed by atoms with E-state index in [1.807, 2.05) is 25.1 Å². The van der Waals surface area contributed by atoms with Gasteiger partial charge in [0.05, 0.1) is 34.5 Å². The molecule has 0 aromatic heterocycles. The topological polar surface area (TPSA) is 66.0 Å². The summed E-state index contributed by atoms with van der Waals surface area (Å²) in [6.45, 7) is 2.01. The molecule has 6 nitrogen and oxygen atoms in total. The van der Waals surface area contributed by atoms with Gasteiger partial charge in [0.25, 0.3) is 5.91 Å². The fourth-order valence-corrected chi connectivity index (χ4v) is 2.71. The van der Waals surface area contributed by atoms with E-state index in [0.29, 0.717) is 28.6 Å². The molecule has 26 heavy (non-hydrogen) atoms. The summed E-state index contributed by atoms with van der Waals surface area (Å²) in [6.07, 6.45) is 0.731. The van der Waals surface area contributed by atoms with Gasteiger partial charge in [-0.1, -0.05) is 13.0 Å². The van der Waals surface area contributed by atoms with Crippen LogP contribution in [-0.2, 0) is 0 Å². The van der Waals surface area contributed by atoms with Gasteiger partial charge in [0, 0.05) is 5.56 Å². The van der Waals surface area contributed by atoms with E-state index in [4.69, 9.17) is 18.9 Å². The van der Waals surface area contributed by atoms with Crippen LogP contribution in [-0.4, -0.2) is 34.3 Å². The maximum absolute atomic E-state index is 12.7. The molecule has 6 heteroatoms. The van der Waals surface area contributed by atoms with Crippen molar-refractivity contribution < 1.29 is 23.7 Å². The smallest absolute Gasteiger partial charge is 0.251 e. The second-order valence-corrected chi connectivity index (χ2v) is 5.62. The van der Waals surface area contributed by atoms with Gasteiger partial charge in [0.15, 0.2) is 23.0 Å². The summed E-state index contributed by atoms with van der Waals surface area (Å²) < 4.78 is 21.1. The van der Waals surface area contributed by atoms with Crippen LogP contribution in [0.25, 0.3) is 0 Å². The summed E-state index contributed by atoms with van der Waals surface area (Å²) in [5.41, 5.74) is 1.44. The molecule has 0 spiro atoms. The Morgan fingerprint density at radius 3 is 1.92 bits per heavy atom. The number of benzene rings is 2. The zero-order valence-electron chi connectivity index (χ0n) is 15.8. The standard InChI is InChI=1S/C20H25NO5/c1-6-15(13-7-9-16(23-2)18(11-13)25-4)21-20(22)14-8-10-17(24-3)19(12-14)26-5/h7-12,15H,6H2,1-5H3,(H,21,22)/t15-/m1/s1. The highest BCUT2D eigenvalue weighted by Gasteiger charge is 2.17. The van der Waals surface area contributed by atoms with Gasteiger partial charge in [-0.2, -0.15) is 0 Å². The predicted molar refractivity (Wildman–Crippen MR) is 99.6 cm³/mol. The number of amides is 1. The van der Waals surface area contributed by atoms with Crippen LogP contribution >= 0.6 is 0 Å². The van der Waals surface area contributed by atoms with Crippen LogP contribution in [0.3, 0.4) is 0 Å². The van der Waals surface area contributed by atoms with Crippen LogP contribution in [0.4, 0.5) is 0 Å². The van der Waals surface area contributed by atoms with Crippen LogP contribution < -0.4 is 24.3 Å². The van der Waals surface area contributed by atoms with E-state index < -0.39 is 0 Å². The van der Waals surface area contributed by atoms with E-state index in [9.17, 15) is 4.79 Å². The van der Waals surface area contributed by atoms with Crippen LogP contribution in [0.15, 0.2) is 36.4 Å². The molecule has 2 aromatic rings. The molecule has 1 atom stereocenters. The molecular formula is C20H25NO5. The minimum Gasteiger partial charge on any atom is -0.493 e. The third-order valence-corrected chi connectivity index (χ3v) is 4.17. The number of ether oxygens (including phenoxy) is 4. The molecule has 0 saturated heterocycles. The third kappa shape index (κ3) is 4.20. The van der Waals surface area contributed by atoms with E-state index >= 15 is 0 Å². The normalized spacial score (nSPS) is 11.4. The highest BCUT2D eigenvalue weighted by molar-refractivity contribution is 5.95. The quantitative estimate of drug-likeness (QED) is 0.780. The molecule has 0 heterocycles. The molecule has 1 N–H and O–H groups in total. The van der Waals surface area contributed by atoms with Gasteiger partial charge in [-0.3, -0.25) is 4.79 Å². The number of hydrogen-bond acceptors (Lipinski definition) is 5. The van der Waals surface area contributed by atoms with E-state index in [-0.39, 0.29) is 11.9 Å². The largest absolute Gasteiger partial charge is 0.493 e. The average Bonchev–Trinajstić information content (AvgIpc) is 2.70. The fourth-order valence-electron chi connectivity index (χ4n) is 2.71. The van der Waals surface area contributed by atoms with Crippen LogP contribution in [0, 0.1) is 0 Å². The molecule has 0 unspecified atom stereocenters. The van der Waals surface area contributed by atoms with Gasteiger partial charge in [0.2, 0.25) is 0 Å². The third-order valence-electron chi connectivity index (χ3n) is 4.17. The van der Waals surface area contributed by atoms with E-state index in [0.717, 1.165) is 12.0 Å². The first-order valence-corrected chi connectivity index (χ1v) is 8.32. The molecule has 2 rings (SSSR count). The lowest BCUT2D eigenvalue weighted by molar-refractivity contribution is 0.0935. The van der Waals surface area contributed by atoms with Crippen molar-refractivity contribution in [2.75, 3.05) is 28.4 Å². The fraction of sp³-hybridized carbons (Fsp3) is 0.350. The molecular weight excluding hydrogens is 334 g/mol. The SMILES string of the molecule is CC[C@@H](NC(=O)c1ccc(OC)c(OC)c1)c1ccc(OC)c(OC)c1. The molecule has 0 bridgehead atoms.